The first kappa shape index (κ1) is 21.3. The second kappa shape index (κ2) is 7.98. The van der Waals surface area contributed by atoms with Gasteiger partial charge in [0.2, 0.25) is 5.91 Å². The molecule has 1 amide bonds. The fraction of sp³-hybridized carbons (Fsp3) is 0.238. The predicted octanol–water partition coefficient (Wildman–Crippen LogP) is 4.11. The van der Waals surface area contributed by atoms with Gasteiger partial charge in [0.15, 0.2) is 17.2 Å². The minimum Gasteiger partial charge on any atom is -0.366 e. The Morgan fingerprint density at radius 2 is 1.94 bits per heavy atom. The molecule has 3 aromatic heterocycles. The van der Waals surface area contributed by atoms with E-state index in [1.807, 2.05) is 13.8 Å². The summed E-state index contributed by atoms with van der Waals surface area (Å²) in [7, 11) is 0. The van der Waals surface area contributed by atoms with Crippen LogP contribution in [0.5, 0.6) is 0 Å². The zero-order valence-corrected chi connectivity index (χ0v) is 17.3. The molecule has 11 heteroatoms. The number of nitrogens with one attached hydrogen (secondary N) is 2. The Bertz CT molecular complexity index is 1310. The van der Waals surface area contributed by atoms with E-state index in [0.29, 0.717) is 29.9 Å². The molecule has 0 atom stereocenters. The van der Waals surface area contributed by atoms with Crippen LogP contribution in [0.2, 0.25) is 0 Å². The maximum absolute atomic E-state index is 13.3. The van der Waals surface area contributed by atoms with Crippen molar-refractivity contribution in [2.24, 2.45) is 5.73 Å². The summed E-state index contributed by atoms with van der Waals surface area (Å²) in [5.41, 5.74) is 7.88. The first-order valence-electron chi connectivity index (χ1n) is 9.91. The average molecular weight is 443 g/mol. The molecule has 4 N–H and O–H groups in total. The summed E-state index contributed by atoms with van der Waals surface area (Å²) in [6.45, 7) is 3.90. The fourth-order valence-electron chi connectivity index (χ4n) is 3.88. The quantitative estimate of drug-likeness (QED) is 0.415. The number of carbonyl (C=O) groups is 1. The Balaban J connectivity index is 1.81. The number of H-pyrrole nitrogens is 1. The number of rotatable bonds is 6. The maximum atomic E-state index is 13.3. The number of anilines is 2. The Kier molecular flexibility index (Phi) is 5.33. The van der Waals surface area contributed by atoms with E-state index >= 15 is 0 Å². The van der Waals surface area contributed by atoms with Crippen molar-refractivity contribution >= 4 is 23.1 Å². The smallest absolute Gasteiger partial charge is 0.366 e. The monoisotopic (exact) mass is 443 g/mol. The molecule has 0 radical (unpaired) electrons. The molecule has 0 spiro atoms. The van der Waals surface area contributed by atoms with E-state index in [1.165, 1.54) is 29.2 Å². The van der Waals surface area contributed by atoms with E-state index in [0.717, 1.165) is 16.8 Å². The number of nitrogens with two attached hydrogens (primary N) is 1. The van der Waals surface area contributed by atoms with Crippen LogP contribution in [0.15, 0.2) is 36.9 Å². The SMILES string of the molecule is CCc1c(Nc2nccn3c(-c4c[nH]nc4C(F)(F)F)cnc23)ccc(C(N)=O)c1CC. The van der Waals surface area contributed by atoms with Crippen LogP contribution < -0.4 is 11.1 Å². The molecule has 3 heterocycles. The first-order valence-corrected chi connectivity index (χ1v) is 9.91. The lowest BCUT2D eigenvalue weighted by atomic mass is 9.95. The molecule has 0 aliphatic rings. The molecule has 0 saturated heterocycles. The van der Waals surface area contributed by atoms with Gasteiger partial charge in [-0.25, -0.2) is 9.97 Å². The van der Waals surface area contributed by atoms with Crippen molar-refractivity contribution in [3.63, 3.8) is 0 Å². The number of carbonyl (C=O) groups excluding carboxylic acids is 1. The number of alkyl halides is 3. The molecule has 0 aliphatic heterocycles. The number of fused-ring (bicyclic) bond motifs is 1. The number of imidazole rings is 1. The van der Waals surface area contributed by atoms with Gasteiger partial charge in [-0.1, -0.05) is 13.8 Å². The van der Waals surface area contributed by atoms with Crippen molar-refractivity contribution in [1.82, 2.24) is 24.6 Å². The number of halogens is 3. The molecular weight excluding hydrogens is 423 g/mol. The molecule has 4 aromatic rings. The summed E-state index contributed by atoms with van der Waals surface area (Å²) in [4.78, 5) is 20.4. The molecule has 0 fully saturated rings. The number of hydrogen-bond donors (Lipinski definition) is 3. The number of nitrogens with zero attached hydrogens (tertiary/aromatic N) is 4. The van der Waals surface area contributed by atoms with Crippen LogP contribution in [0, 0.1) is 0 Å². The zero-order chi connectivity index (χ0) is 23.0. The standard InChI is InChI=1S/C21H20F3N7O/c1-3-11-12(4-2)15(6-5-13(11)18(25)32)29-19-20-27-10-16(31(20)8-7-26-19)14-9-28-30-17(14)21(22,23)24/h5-10H,3-4H2,1-2H3,(H2,25,32)(H,26,29)(H,28,30). The molecule has 1 aromatic carbocycles. The number of benzene rings is 1. The maximum Gasteiger partial charge on any atom is 0.435 e. The Morgan fingerprint density at radius 1 is 1.19 bits per heavy atom. The van der Waals surface area contributed by atoms with Crippen molar-refractivity contribution in [2.75, 3.05) is 5.32 Å². The van der Waals surface area contributed by atoms with E-state index in [-0.39, 0.29) is 11.3 Å². The van der Waals surface area contributed by atoms with E-state index in [4.69, 9.17) is 5.73 Å². The number of aromatic nitrogens is 5. The molecule has 0 unspecified atom stereocenters. The average Bonchev–Trinajstić information content (AvgIpc) is 3.40. The summed E-state index contributed by atoms with van der Waals surface area (Å²) in [6, 6.07) is 3.39. The van der Waals surface area contributed by atoms with Crippen LogP contribution in [0.3, 0.4) is 0 Å². The zero-order valence-electron chi connectivity index (χ0n) is 17.3. The van der Waals surface area contributed by atoms with Gasteiger partial charge in [0, 0.05) is 29.8 Å². The molecule has 4 rings (SSSR count). The van der Waals surface area contributed by atoms with Gasteiger partial charge in [-0.05, 0) is 36.1 Å². The Hall–Kier alpha value is -3.89. The van der Waals surface area contributed by atoms with Crippen molar-refractivity contribution in [2.45, 2.75) is 32.9 Å². The summed E-state index contributed by atoms with van der Waals surface area (Å²) < 4.78 is 41.5. The van der Waals surface area contributed by atoms with Gasteiger partial charge in [-0.2, -0.15) is 18.3 Å². The van der Waals surface area contributed by atoms with Gasteiger partial charge in [0.1, 0.15) is 0 Å². The van der Waals surface area contributed by atoms with E-state index < -0.39 is 17.8 Å². The van der Waals surface area contributed by atoms with Gasteiger partial charge >= 0.3 is 6.18 Å². The Labute approximate surface area is 180 Å². The highest BCUT2D eigenvalue weighted by molar-refractivity contribution is 5.95. The number of primary amides is 1. The van der Waals surface area contributed by atoms with Crippen LogP contribution in [0.4, 0.5) is 24.7 Å². The van der Waals surface area contributed by atoms with Crippen LogP contribution >= 0.6 is 0 Å². The summed E-state index contributed by atoms with van der Waals surface area (Å²) in [6.07, 6.45) is 2.18. The lowest BCUT2D eigenvalue weighted by molar-refractivity contribution is -0.140. The number of amides is 1. The third kappa shape index (κ3) is 3.55. The van der Waals surface area contributed by atoms with Crippen LogP contribution in [-0.4, -0.2) is 30.5 Å². The third-order valence-corrected chi connectivity index (χ3v) is 5.27. The highest BCUT2D eigenvalue weighted by Crippen LogP contribution is 2.36. The largest absolute Gasteiger partial charge is 0.435 e. The fourth-order valence-corrected chi connectivity index (χ4v) is 3.88. The molecule has 8 nitrogen and oxygen atoms in total. The normalized spacial score (nSPS) is 11.8. The summed E-state index contributed by atoms with van der Waals surface area (Å²) in [5, 5.41) is 8.84. The molecule has 0 aliphatic carbocycles. The lowest BCUT2D eigenvalue weighted by Gasteiger charge is -2.17. The summed E-state index contributed by atoms with van der Waals surface area (Å²) in [5.74, 6) is -0.138. The molecular formula is C21H20F3N7O. The van der Waals surface area contributed by atoms with E-state index in [1.54, 1.807) is 12.1 Å². The van der Waals surface area contributed by atoms with Crippen molar-refractivity contribution < 1.29 is 18.0 Å². The molecule has 0 saturated carbocycles. The lowest BCUT2D eigenvalue weighted by Crippen LogP contribution is -2.15. The second-order valence-electron chi connectivity index (χ2n) is 7.07. The molecule has 0 bridgehead atoms. The van der Waals surface area contributed by atoms with E-state index in [9.17, 15) is 18.0 Å². The second-order valence-corrected chi connectivity index (χ2v) is 7.07. The van der Waals surface area contributed by atoms with Gasteiger partial charge in [-0.3, -0.25) is 14.3 Å². The van der Waals surface area contributed by atoms with Gasteiger partial charge in [0.25, 0.3) is 0 Å². The molecule has 32 heavy (non-hydrogen) atoms. The number of hydrogen-bond acceptors (Lipinski definition) is 5. The topological polar surface area (TPSA) is 114 Å². The highest BCUT2D eigenvalue weighted by atomic mass is 19.4. The van der Waals surface area contributed by atoms with Crippen molar-refractivity contribution in [1.29, 1.82) is 0 Å². The van der Waals surface area contributed by atoms with E-state index in [2.05, 4.69) is 25.5 Å². The molecule has 166 valence electrons. The van der Waals surface area contributed by atoms with Crippen molar-refractivity contribution in [3.05, 3.63) is 59.3 Å². The Morgan fingerprint density at radius 3 is 2.59 bits per heavy atom. The van der Waals surface area contributed by atoms with Gasteiger partial charge in [0.05, 0.1) is 17.5 Å². The van der Waals surface area contributed by atoms with Crippen LogP contribution in [0.1, 0.15) is 41.0 Å². The summed E-state index contributed by atoms with van der Waals surface area (Å²) >= 11 is 0. The van der Waals surface area contributed by atoms with Gasteiger partial charge in [-0.15, -0.1) is 0 Å². The first-order chi connectivity index (χ1) is 15.3. The highest BCUT2D eigenvalue weighted by Gasteiger charge is 2.37. The predicted molar refractivity (Wildman–Crippen MR) is 113 cm³/mol. The third-order valence-electron chi connectivity index (χ3n) is 5.27. The minimum atomic E-state index is -4.61. The van der Waals surface area contributed by atoms with Gasteiger partial charge < -0.3 is 11.1 Å². The van der Waals surface area contributed by atoms with Crippen LogP contribution in [-0.2, 0) is 19.0 Å². The van der Waals surface area contributed by atoms with Crippen LogP contribution in [0.25, 0.3) is 16.9 Å². The number of aromatic amines is 1. The van der Waals surface area contributed by atoms with Crippen molar-refractivity contribution in [3.8, 4) is 11.3 Å². The minimum absolute atomic E-state index is 0.115.